The molecule has 1 saturated heterocycles. The van der Waals surface area contributed by atoms with Crippen LogP contribution in [0.1, 0.15) is 25.5 Å². The second kappa shape index (κ2) is 5.17. The second-order valence-corrected chi connectivity index (χ2v) is 5.31. The Morgan fingerprint density at radius 3 is 3.00 bits per heavy atom. The maximum absolute atomic E-state index is 5.75. The number of fused-ring (bicyclic) bond motifs is 1. The second-order valence-electron chi connectivity index (χ2n) is 5.31. The van der Waals surface area contributed by atoms with Gasteiger partial charge >= 0.3 is 0 Å². The van der Waals surface area contributed by atoms with Crippen molar-refractivity contribution in [3.8, 4) is 0 Å². The van der Waals surface area contributed by atoms with Crippen molar-refractivity contribution in [1.82, 2.24) is 4.98 Å². The third kappa shape index (κ3) is 2.56. The van der Waals surface area contributed by atoms with Gasteiger partial charge in [-0.15, -0.1) is 0 Å². The zero-order valence-electron chi connectivity index (χ0n) is 11.5. The highest BCUT2D eigenvalue weighted by molar-refractivity contribution is 5.91. The Balaban J connectivity index is 1.91. The zero-order valence-corrected chi connectivity index (χ0v) is 11.5. The molecule has 2 unspecified atom stereocenters. The van der Waals surface area contributed by atoms with Crippen LogP contribution in [0.4, 0.5) is 5.69 Å². The van der Waals surface area contributed by atoms with E-state index >= 15 is 0 Å². The Morgan fingerprint density at radius 2 is 2.21 bits per heavy atom. The maximum atomic E-state index is 5.75. The van der Waals surface area contributed by atoms with Crippen LogP contribution in [0.2, 0.25) is 0 Å². The summed E-state index contributed by atoms with van der Waals surface area (Å²) < 4.78 is 5.75. The fourth-order valence-electron chi connectivity index (χ4n) is 2.76. The number of aryl methyl sites for hydroxylation is 1. The maximum Gasteiger partial charge on any atom is 0.0774 e. The van der Waals surface area contributed by atoms with E-state index in [0.717, 1.165) is 29.9 Å². The van der Waals surface area contributed by atoms with Crippen molar-refractivity contribution in [3.63, 3.8) is 0 Å². The molecule has 19 heavy (non-hydrogen) atoms. The molecule has 0 spiro atoms. The van der Waals surface area contributed by atoms with Gasteiger partial charge in [-0.2, -0.15) is 0 Å². The van der Waals surface area contributed by atoms with E-state index in [4.69, 9.17) is 4.74 Å². The van der Waals surface area contributed by atoms with E-state index in [1.54, 1.807) is 0 Å². The van der Waals surface area contributed by atoms with Gasteiger partial charge in [-0.05, 0) is 38.8 Å². The van der Waals surface area contributed by atoms with Crippen molar-refractivity contribution < 1.29 is 4.74 Å². The summed E-state index contributed by atoms with van der Waals surface area (Å²) in [5.74, 6) is 0. The number of ether oxygens (including phenoxy) is 1. The number of benzene rings is 1. The first kappa shape index (κ1) is 12.4. The topological polar surface area (TPSA) is 34.1 Å². The van der Waals surface area contributed by atoms with Gasteiger partial charge in [0.15, 0.2) is 0 Å². The van der Waals surface area contributed by atoms with Crippen molar-refractivity contribution in [2.24, 2.45) is 0 Å². The van der Waals surface area contributed by atoms with E-state index < -0.39 is 0 Å². The molecular weight excluding hydrogens is 236 g/mol. The average Bonchev–Trinajstić information content (AvgIpc) is 2.92. The smallest absolute Gasteiger partial charge is 0.0774 e. The number of para-hydroxylation sites is 1. The number of pyridine rings is 1. The normalized spacial score (nSPS) is 20.6. The predicted octanol–water partition coefficient (Wildman–Crippen LogP) is 3.52. The van der Waals surface area contributed by atoms with Gasteiger partial charge in [-0.3, -0.25) is 4.98 Å². The van der Waals surface area contributed by atoms with Crippen molar-refractivity contribution >= 4 is 16.6 Å². The summed E-state index contributed by atoms with van der Waals surface area (Å²) >= 11 is 0. The lowest BCUT2D eigenvalue weighted by Gasteiger charge is -2.22. The molecule has 2 heterocycles. The molecule has 1 aromatic carbocycles. The van der Waals surface area contributed by atoms with Crippen molar-refractivity contribution in [2.45, 2.75) is 38.8 Å². The van der Waals surface area contributed by atoms with E-state index in [-0.39, 0.29) is 0 Å². The molecule has 1 aliphatic heterocycles. The molecule has 100 valence electrons. The lowest BCUT2D eigenvalue weighted by atomic mass is 10.1. The monoisotopic (exact) mass is 256 g/mol. The number of aromatic nitrogens is 1. The molecule has 0 saturated carbocycles. The van der Waals surface area contributed by atoms with Crippen LogP contribution >= 0.6 is 0 Å². The number of rotatable bonds is 3. The number of nitrogens with one attached hydrogen (secondary N) is 1. The fraction of sp³-hybridized carbons (Fsp3) is 0.438. The molecule has 1 aliphatic rings. The van der Waals surface area contributed by atoms with Crippen LogP contribution in [-0.2, 0) is 4.74 Å². The highest BCUT2D eigenvalue weighted by Gasteiger charge is 2.22. The Kier molecular flexibility index (Phi) is 3.38. The highest BCUT2D eigenvalue weighted by atomic mass is 16.5. The van der Waals surface area contributed by atoms with E-state index in [1.165, 1.54) is 11.8 Å². The van der Waals surface area contributed by atoms with Gasteiger partial charge in [0.1, 0.15) is 0 Å². The number of hydrogen-bond donors (Lipinski definition) is 1. The van der Waals surface area contributed by atoms with Gasteiger partial charge in [-0.1, -0.05) is 18.2 Å². The van der Waals surface area contributed by atoms with Gasteiger partial charge in [0.2, 0.25) is 0 Å². The summed E-state index contributed by atoms with van der Waals surface area (Å²) in [6.07, 6.45) is 2.65. The molecule has 2 aromatic rings. The van der Waals surface area contributed by atoms with E-state index in [9.17, 15) is 0 Å². The molecule has 3 heteroatoms. The quantitative estimate of drug-likeness (QED) is 0.912. The molecule has 0 bridgehead atoms. The summed E-state index contributed by atoms with van der Waals surface area (Å²) in [6.45, 7) is 5.13. The minimum Gasteiger partial charge on any atom is -0.379 e. The van der Waals surface area contributed by atoms with Crippen molar-refractivity contribution in [2.75, 3.05) is 11.9 Å². The first-order chi connectivity index (χ1) is 9.24. The largest absolute Gasteiger partial charge is 0.379 e. The van der Waals surface area contributed by atoms with Crippen LogP contribution in [0.3, 0.4) is 0 Å². The van der Waals surface area contributed by atoms with Crippen LogP contribution in [0.5, 0.6) is 0 Å². The predicted molar refractivity (Wildman–Crippen MR) is 78.5 cm³/mol. The van der Waals surface area contributed by atoms with Crippen LogP contribution in [0.15, 0.2) is 30.3 Å². The van der Waals surface area contributed by atoms with Crippen LogP contribution in [0.25, 0.3) is 10.9 Å². The Hall–Kier alpha value is -1.61. The summed E-state index contributed by atoms with van der Waals surface area (Å²) in [5.41, 5.74) is 3.25. The third-order valence-electron chi connectivity index (χ3n) is 3.75. The molecule has 3 rings (SSSR count). The SMILES string of the molecule is Cc1cc(NC(C)C2CCCO2)c2ccccc2n1. The minimum atomic E-state index is 0.326. The molecule has 0 aliphatic carbocycles. The van der Waals surface area contributed by atoms with Gasteiger partial charge in [-0.25, -0.2) is 0 Å². The third-order valence-corrected chi connectivity index (χ3v) is 3.75. The lowest BCUT2D eigenvalue weighted by molar-refractivity contribution is 0.0997. The van der Waals surface area contributed by atoms with Gasteiger partial charge in [0.05, 0.1) is 11.6 Å². The molecule has 0 radical (unpaired) electrons. The molecule has 1 fully saturated rings. The lowest BCUT2D eigenvalue weighted by Crippen LogP contribution is -2.30. The standard InChI is InChI=1S/C16H20N2O/c1-11-10-15(13-6-3-4-7-14(13)17-11)18-12(2)16-8-5-9-19-16/h3-4,6-7,10,12,16H,5,8-9H2,1-2H3,(H,17,18). The van der Waals surface area contributed by atoms with Crippen LogP contribution in [-0.4, -0.2) is 23.7 Å². The van der Waals surface area contributed by atoms with E-state index in [1.807, 2.05) is 13.0 Å². The Morgan fingerprint density at radius 1 is 1.37 bits per heavy atom. The molecule has 1 N–H and O–H groups in total. The summed E-state index contributed by atoms with van der Waals surface area (Å²) in [6, 6.07) is 10.7. The molecule has 3 nitrogen and oxygen atoms in total. The zero-order chi connectivity index (χ0) is 13.2. The van der Waals surface area contributed by atoms with E-state index in [0.29, 0.717) is 12.1 Å². The fourth-order valence-corrected chi connectivity index (χ4v) is 2.76. The molecule has 1 aromatic heterocycles. The van der Waals surface area contributed by atoms with E-state index in [2.05, 4.69) is 41.5 Å². The average molecular weight is 256 g/mol. The summed E-state index contributed by atoms with van der Waals surface area (Å²) in [5, 5.41) is 4.78. The Bertz CT molecular complexity index is 576. The van der Waals surface area contributed by atoms with Gasteiger partial charge in [0, 0.05) is 29.4 Å². The van der Waals surface area contributed by atoms with Crippen LogP contribution < -0.4 is 5.32 Å². The summed E-state index contributed by atoms with van der Waals surface area (Å²) in [7, 11) is 0. The minimum absolute atomic E-state index is 0.326. The number of nitrogens with zero attached hydrogens (tertiary/aromatic N) is 1. The Labute approximate surface area is 114 Å². The van der Waals surface area contributed by atoms with Crippen molar-refractivity contribution in [3.05, 3.63) is 36.0 Å². The summed E-state index contributed by atoms with van der Waals surface area (Å²) in [4.78, 5) is 4.57. The molecule has 2 atom stereocenters. The van der Waals surface area contributed by atoms with Gasteiger partial charge < -0.3 is 10.1 Å². The highest BCUT2D eigenvalue weighted by Crippen LogP contribution is 2.25. The number of hydrogen-bond acceptors (Lipinski definition) is 3. The molecular formula is C16H20N2O. The first-order valence-corrected chi connectivity index (χ1v) is 6.98. The number of anilines is 1. The first-order valence-electron chi connectivity index (χ1n) is 6.98. The van der Waals surface area contributed by atoms with Gasteiger partial charge in [0.25, 0.3) is 0 Å². The van der Waals surface area contributed by atoms with Crippen molar-refractivity contribution in [1.29, 1.82) is 0 Å². The van der Waals surface area contributed by atoms with Crippen LogP contribution in [0, 0.1) is 6.92 Å². The molecule has 0 amide bonds.